The number of thiocarbonyl (C=S) groups is 1. The Hall–Kier alpha value is -3.51. The first kappa shape index (κ1) is 30.0. The zero-order valence-corrected chi connectivity index (χ0v) is 26.5. The summed E-state index contributed by atoms with van der Waals surface area (Å²) in [6.45, 7) is 14.9. The molecule has 3 aromatic carbocycles. The van der Waals surface area contributed by atoms with Crippen LogP contribution in [0.25, 0.3) is 0 Å². The van der Waals surface area contributed by atoms with Crippen molar-refractivity contribution in [1.82, 2.24) is 4.90 Å². The van der Waals surface area contributed by atoms with Gasteiger partial charge in [-0.05, 0) is 77.6 Å². The molecule has 1 aliphatic carbocycles. The molecule has 2 atom stereocenters. The third-order valence-corrected chi connectivity index (χ3v) is 9.20. The van der Waals surface area contributed by atoms with Gasteiger partial charge in [0.05, 0.1) is 12.5 Å². The minimum atomic E-state index is -1.23. The lowest BCUT2D eigenvalue weighted by Gasteiger charge is -2.35. The summed E-state index contributed by atoms with van der Waals surface area (Å²) in [7, 11) is 0. The summed E-state index contributed by atoms with van der Waals surface area (Å²) in [5.74, 6) is -1.53. The summed E-state index contributed by atoms with van der Waals surface area (Å²) in [6.07, 6.45) is 1.84. The Morgan fingerprint density at radius 2 is 1.52 bits per heavy atom. The van der Waals surface area contributed by atoms with Gasteiger partial charge < -0.3 is 9.47 Å². The quantitative estimate of drug-likeness (QED) is 0.225. The Labute approximate surface area is 255 Å². The molecule has 3 aromatic rings. The highest BCUT2D eigenvalue weighted by atomic mass is 32.1. The van der Waals surface area contributed by atoms with Crippen molar-refractivity contribution in [3.05, 3.63) is 106 Å². The van der Waals surface area contributed by atoms with Crippen molar-refractivity contribution >= 4 is 29.3 Å². The number of carbonyl (C=O) groups excluding carboxylic acids is 2. The van der Waals surface area contributed by atoms with E-state index in [1.807, 2.05) is 67.6 Å². The third kappa shape index (κ3) is 5.15. The van der Waals surface area contributed by atoms with Gasteiger partial charge in [0, 0.05) is 5.56 Å². The average Bonchev–Trinajstić information content (AvgIpc) is 3.41. The number of carbonyl (C=O) groups is 2. The Balaban J connectivity index is 1.70. The maximum atomic E-state index is 14.7. The van der Waals surface area contributed by atoms with Crippen molar-refractivity contribution in [1.29, 1.82) is 0 Å². The summed E-state index contributed by atoms with van der Waals surface area (Å²) >= 11 is 5.82. The van der Waals surface area contributed by atoms with Crippen LogP contribution in [-0.2, 0) is 41.9 Å². The molecule has 0 saturated carbocycles. The second-order valence-electron chi connectivity index (χ2n) is 13.3. The van der Waals surface area contributed by atoms with E-state index < -0.39 is 23.5 Å². The maximum Gasteiger partial charge on any atom is 0.333 e. The number of amides is 1. The lowest BCUT2D eigenvalue weighted by atomic mass is 9.75. The Kier molecular flexibility index (Phi) is 7.82. The van der Waals surface area contributed by atoms with Crippen LogP contribution in [0, 0.1) is 0 Å². The minimum absolute atomic E-state index is 0.00964. The summed E-state index contributed by atoms with van der Waals surface area (Å²) in [5.41, 5.74) is 4.71. The molecule has 5 rings (SSSR count). The molecule has 2 unspecified atom stereocenters. The zero-order valence-electron chi connectivity index (χ0n) is 25.7. The van der Waals surface area contributed by atoms with Crippen molar-refractivity contribution < 1.29 is 19.1 Å². The second-order valence-corrected chi connectivity index (χ2v) is 13.6. The Bertz CT molecular complexity index is 1470. The van der Waals surface area contributed by atoms with Crippen LogP contribution < -0.4 is 0 Å². The molecule has 0 N–H and O–H groups in total. The van der Waals surface area contributed by atoms with Gasteiger partial charge in [-0.25, -0.2) is 4.79 Å². The van der Waals surface area contributed by atoms with E-state index in [9.17, 15) is 9.59 Å². The molecule has 5 nitrogen and oxygen atoms in total. The van der Waals surface area contributed by atoms with Crippen LogP contribution in [0.15, 0.2) is 72.8 Å². The lowest BCUT2D eigenvalue weighted by molar-refractivity contribution is -0.155. The van der Waals surface area contributed by atoms with Crippen LogP contribution in [0.2, 0.25) is 0 Å². The molecule has 1 fully saturated rings. The zero-order chi connectivity index (χ0) is 30.4. The van der Waals surface area contributed by atoms with Crippen LogP contribution in [0.4, 0.5) is 0 Å². The standard InChI is InChI=1S/C36H41NO4S/c1-8-40-32(39)30-36(7,28-22-25(34(2,3)4)21-27-26(28)19-20-35(27,5)6)41-33(42)37(30)31(38)29(23-15-11-9-12-16-23)24-17-13-10-14-18-24/h9-18,21-22,29-30H,8,19-20H2,1-7H3. The first-order valence-corrected chi connectivity index (χ1v) is 15.2. The number of ether oxygens (including phenoxy) is 2. The van der Waals surface area contributed by atoms with Crippen molar-refractivity contribution in [2.45, 2.75) is 89.7 Å². The summed E-state index contributed by atoms with van der Waals surface area (Å²) in [4.78, 5) is 30.0. The predicted octanol–water partition coefficient (Wildman–Crippen LogP) is 7.33. The van der Waals surface area contributed by atoms with Crippen molar-refractivity contribution in [3.63, 3.8) is 0 Å². The molecular formula is C36H41NO4S. The highest BCUT2D eigenvalue weighted by Crippen LogP contribution is 2.49. The highest BCUT2D eigenvalue weighted by Gasteiger charge is 2.59. The molecular weight excluding hydrogens is 542 g/mol. The smallest absolute Gasteiger partial charge is 0.333 e. The molecule has 1 amide bonds. The van der Waals surface area contributed by atoms with E-state index >= 15 is 0 Å². The summed E-state index contributed by atoms with van der Waals surface area (Å²) in [5, 5.41) is -0.00964. The van der Waals surface area contributed by atoms with Gasteiger partial charge >= 0.3 is 5.97 Å². The van der Waals surface area contributed by atoms with E-state index in [-0.39, 0.29) is 28.5 Å². The number of nitrogens with zero attached hydrogens (tertiary/aromatic N) is 1. The van der Waals surface area contributed by atoms with E-state index in [1.54, 1.807) is 6.92 Å². The number of hydrogen-bond acceptors (Lipinski definition) is 5. The molecule has 220 valence electrons. The van der Waals surface area contributed by atoms with E-state index in [1.165, 1.54) is 16.0 Å². The third-order valence-electron chi connectivity index (χ3n) is 8.92. The Morgan fingerprint density at radius 3 is 2.05 bits per heavy atom. The van der Waals surface area contributed by atoms with E-state index in [0.29, 0.717) is 0 Å². The Morgan fingerprint density at radius 1 is 0.976 bits per heavy atom. The van der Waals surface area contributed by atoms with Crippen LogP contribution >= 0.6 is 12.2 Å². The molecule has 1 aliphatic heterocycles. The minimum Gasteiger partial charge on any atom is -0.464 e. The van der Waals surface area contributed by atoms with Crippen LogP contribution in [0.1, 0.15) is 94.2 Å². The molecule has 0 bridgehead atoms. The topological polar surface area (TPSA) is 55.8 Å². The van der Waals surface area contributed by atoms with E-state index in [2.05, 4.69) is 46.8 Å². The first-order chi connectivity index (χ1) is 19.8. The van der Waals surface area contributed by atoms with Crippen molar-refractivity contribution in [2.24, 2.45) is 0 Å². The van der Waals surface area contributed by atoms with Crippen LogP contribution in [0.3, 0.4) is 0 Å². The van der Waals surface area contributed by atoms with Gasteiger partial charge in [-0.1, -0.05) is 107 Å². The molecule has 2 aliphatic rings. The molecule has 0 aromatic heterocycles. The number of fused-ring (bicyclic) bond motifs is 1. The SMILES string of the molecule is CCOC(=O)C1N(C(=O)C(c2ccccc2)c2ccccc2)C(=S)OC1(C)c1cc(C(C)(C)C)cc2c1CCC2(C)C. The highest BCUT2D eigenvalue weighted by molar-refractivity contribution is 7.80. The van der Waals surface area contributed by atoms with Gasteiger partial charge in [-0.2, -0.15) is 0 Å². The molecule has 1 heterocycles. The van der Waals surface area contributed by atoms with Crippen LogP contribution in [-0.4, -0.2) is 34.6 Å². The molecule has 0 spiro atoms. The van der Waals surface area contributed by atoms with Gasteiger partial charge in [0.25, 0.3) is 5.17 Å². The predicted molar refractivity (Wildman–Crippen MR) is 170 cm³/mol. The fourth-order valence-electron chi connectivity index (χ4n) is 6.51. The molecule has 0 radical (unpaired) electrons. The maximum absolute atomic E-state index is 14.7. The summed E-state index contributed by atoms with van der Waals surface area (Å²) in [6, 6.07) is 22.6. The number of rotatable bonds is 6. The largest absolute Gasteiger partial charge is 0.464 e. The molecule has 42 heavy (non-hydrogen) atoms. The summed E-state index contributed by atoms with van der Waals surface area (Å²) < 4.78 is 12.2. The number of hydrogen-bond donors (Lipinski definition) is 0. The first-order valence-electron chi connectivity index (χ1n) is 14.8. The normalized spacial score (nSPS) is 21.3. The lowest BCUT2D eigenvalue weighted by Crippen LogP contribution is -2.52. The second kappa shape index (κ2) is 11.0. The van der Waals surface area contributed by atoms with Gasteiger partial charge in [-0.15, -0.1) is 0 Å². The van der Waals surface area contributed by atoms with Crippen molar-refractivity contribution in [2.75, 3.05) is 6.61 Å². The number of esters is 1. The molecule has 6 heteroatoms. The fraction of sp³-hybridized carbons (Fsp3) is 0.417. The van der Waals surface area contributed by atoms with E-state index in [0.717, 1.165) is 35.1 Å². The monoisotopic (exact) mass is 583 g/mol. The average molecular weight is 584 g/mol. The molecule has 1 saturated heterocycles. The van der Waals surface area contributed by atoms with Gasteiger partial charge in [0.15, 0.2) is 11.6 Å². The van der Waals surface area contributed by atoms with Crippen LogP contribution in [0.5, 0.6) is 0 Å². The van der Waals surface area contributed by atoms with Gasteiger partial charge in [0.2, 0.25) is 5.91 Å². The van der Waals surface area contributed by atoms with E-state index in [4.69, 9.17) is 21.7 Å². The fourth-order valence-corrected chi connectivity index (χ4v) is 6.88. The van der Waals surface area contributed by atoms with Gasteiger partial charge in [-0.3, -0.25) is 9.69 Å². The van der Waals surface area contributed by atoms with Crippen molar-refractivity contribution in [3.8, 4) is 0 Å². The van der Waals surface area contributed by atoms with Gasteiger partial charge in [0.1, 0.15) is 0 Å². The number of benzene rings is 3.